The summed E-state index contributed by atoms with van der Waals surface area (Å²) >= 11 is 0. The number of benzene rings is 8. The van der Waals surface area contributed by atoms with E-state index in [1.165, 1.54) is 0 Å². The van der Waals surface area contributed by atoms with E-state index in [1.807, 2.05) is 250 Å². The fourth-order valence-corrected chi connectivity index (χ4v) is 18.9. The summed E-state index contributed by atoms with van der Waals surface area (Å²) in [7, 11) is -16.1. The van der Waals surface area contributed by atoms with Crippen LogP contribution in [-0.4, -0.2) is 29.9 Å². The van der Waals surface area contributed by atoms with E-state index in [2.05, 4.69) is 0 Å². The molecule has 0 N–H and O–H groups in total. The van der Waals surface area contributed by atoms with Gasteiger partial charge < -0.3 is 18.3 Å². The van der Waals surface area contributed by atoms with E-state index in [0.29, 0.717) is 42.4 Å². The van der Waals surface area contributed by atoms with Crippen molar-refractivity contribution in [3.8, 4) is 0 Å². The molecule has 0 saturated carbocycles. The van der Waals surface area contributed by atoms with Crippen molar-refractivity contribution in [2.45, 2.75) is 61.8 Å². The van der Waals surface area contributed by atoms with Crippen LogP contribution in [0, 0.1) is 55.4 Å². The zero-order valence-electron chi connectivity index (χ0n) is 44.3. The van der Waals surface area contributed by atoms with Crippen LogP contribution in [0.2, 0.25) is 0 Å². The highest BCUT2D eigenvalue weighted by molar-refractivity contribution is 7.87. The van der Waals surface area contributed by atoms with Crippen LogP contribution < -0.4 is 64.7 Å². The van der Waals surface area contributed by atoms with Crippen LogP contribution in [0.4, 0.5) is 0 Å². The molecule has 0 fully saturated rings. The topological polar surface area (TPSA) is 146 Å². The largest absolute Gasteiger partial charge is 0.305 e. The Morgan fingerprint density at radius 1 is 0.221 bits per heavy atom. The molecule has 8 aromatic carbocycles. The van der Waals surface area contributed by atoms with E-state index in [0.717, 1.165) is 44.5 Å². The molecule has 10 nitrogen and oxygen atoms in total. The van der Waals surface area contributed by atoms with Crippen LogP contribution >= 0.6 is 28.6 Å². The molecule has 384 valence electrons. The van der Waals surface area contributed by atoms with Gasteiger partial charge >= 0.3 is 0 Å². The molecule has 0 aliphatic carbocycles. The van der Waals surface area contributed by atoms with Crippen molar-refractivity contribution in [1.29, 1.82) is 0 Å². The van der Waals surface area contributed by atoms with Gasteiger partial charge in [0.2, 0.25) is 50.8 Å². The van der Waals surface area contributed by atoms with E-state index < -0.39 is 28.6 Å². The quantitative estimate of drug-likeness (QED) is 0.0971. The molecule has 0 atom stereocenters. The van der Waals surface area contributed by atoms with Gasteiger partial charge in [0.25, 0.3) is 0 Å². The fourth-order valence-electron chi connectivity index (χ4n) is 9.21. The van der Waals surface area contributed by atoms with Gasteiger partial charge in [-0.1, -0.05) is 239 Å². The molecule has 0 bridgehead atoms. The van der Waals surface area contributed by atoms with Crippen molar-refractivity contribution in [1.82, 2.24) is 29.9 Å². The lowest BCUT2D eigenvalue weighted by Crippen LogP contribution is -2.40. The van der Waals surface area contributed by atoms with Gasteiger partial charge in [-0.25, -0.2) is 29.9 Å². The van der Waals surface area contributed by atoms with Crippen LogP contribution in [0.5, 0.6) is 0 Å². The van der Waals surface area contributed by atoms with Gasteiger partial charge in [0.15, 0.2) is 0 Å². The minimum Gasteiger partial charge on any atom is -0.305 e. The summed E-state index contributed by atoms with van der Waals surface area (Å²) in [6.07, 6.45) is -0.293. The molecule has 10 rings (SSSR count). The van der Waals surface area contributed by atoms with Gasteiger partial charge in [-0.05, 0) is 55.4 Å². The SMILES string of the molecule is Cc1ccc(P(=O)(c2ccc(C)cc2)c2nc(Cc3nc(P(=O)(c4ccc(C)cc4)c4ccc(C)cc4)nc(P(=O)(c4ccc(C)cc4)c4ccc(C)cc4)n3)nc(P(=O)(c3ccc(C)cc3)c3ccc(C)cc3)n2)cc1. The fraction of sp³-hybridized carbons (Fsp3) is 0.143. The molecule has 77 heavy (non-hydrogen) atoms. The Kier molecular flexibility index (Phi) is 14.7. The molecule has 10 aromatic rings. The summed E-state index contributed by atoms with van der Waals surface area (Å²) in [5.74, 6) is 0.0704. The molecule has 0 radical (unpaired) electrons. The molecule has 0 aliphatic rings. The third-order valence-electron chi connectivity index (χ3n) is 13.9. The van der Waals surface area contributed by atoms with Crippen molar-refractivity contribution in [3.05, 3.63) is 250 Å². The predicted octanol–water partition coefficient (Wildman–Crippen LogP) is 8.67. The standard InChI is InChI=1S/C63H58N6O4P4/c1-42-9-25-50(26-10-42)74(70,51-27-11-43(2)12-28-51)60-64-58(65-61(68-60)75(71,52-29-13-44(3)14-30-52)53-31-15-45(4)16-32-53)41-59-66-62(76(72,54-33-17-46(5)18-34-54)55-35-19-47(6)20-36-55)69-63(67-59)77(73,56-37-21-48(7)22-38-56)57-39-23-49(8)24-40-57/h9-40H,41H2,1-8H3. The Morgan fingerprint density at radius 2 is 0.351 bits per heavy atom. The Bertz CT molecular complexity index is 3290. The first-order valence-corrected chi connectivity index (χ1v) is 32.2. The molecule has 14 heteroatoms. The Labute approximate surface area is 451 Å². The lowest BCUT2D eigenvalue weighted by Gasteiger charge is -2.23. The summed E-state index contributed by atoms with van der Waals surface area (Å²) in [6.45, 7) is 15.7. The molecule has 0 amide bonds. The summed E-state index contributed by atoms with van der Waals surface area (Å²) in [4.78, 5) is 30.8. The average molecular weight is 1090 g/mol. The number of hydrogen-bond acceptors (Lipinski definition) is 10. The maximum Gasteiger partial charge on any atom is 0.206 e. The van der Waals surface area contributed by atoms with Crippen molar-refractivity contribution >= 4 is 93.3 Å². The van der Waals surface area contributed by atoms with Crippen molar-refractivity contribution < 1.29 is 18.3 Å². The monoisotopic (exact) mass is 1090 g/mol. The highest BCUT2D eigenvalue weighted by Crippen LogP contribution is 2.46. The Hall–Kier alpha value is -7.30. The average Bonchev–Trinajstić information content (AvgIpc) is 3.43. The van der Waals surface area contributed by atoms with Gasteiger partial charge in [0.05, 0.1) is 6.42 Å². The normalized spacial score (nSPS) is 12.2. The van der Waals surface area contributed by atoms with Gasteiger partial charge in [-0.2, -0.15) is 0 Å². The second-order valence-electron chi connectivity index (χ2n) is 20.0. The second-order valence-corrected chi connectivity index (χ2v) is 30.6. The predicted molar refractivity (Wildman–Crippen MR) is 318 cm³/mol. The molecular formula is C63H58N6O4P4. The Balaban J connectivity index is 1.30. The molecule has 0 aliphatic heterocycles. The van der Waals surface area contributed by atoms with Crippen molar-refractivity contribution in [2.75, 3.05) is 0 Å². The van der Waals surface area contributed by atoms with E-state index in [4.69, 9.17) is 29.9 Å². The molecular weight excluding hydrogens is 1030 g/mol. The molecule has 2 aromatic heterocycles. The third kappa shape index (κ3) is 10.2. The summed E-state index contributed by atoms with van der Waals surface area (Å²) in [5, 5.41) is 3.74. The van der Waals surface area contributed by atoms with E-state index in [9.17, 15) is 0 Å². The van der Waals surface area contributed by atoms with Crippen LogP contribution in [-0.2, 0) is 24.7 Å². The van der Waals surface area contributed by atoms with Crippen LogP contribution in [0.3, 0.4) is 0 Å². The minimum absolute atomic E-state index is 0.0352. The second kappa shape index (κ2) is 21.3. The number of nitrogens with zero attached hydrogens (tertiary/aromatic N) is 6. The summed E-state index contributed by atoms with van der Waals surface area (Å²) < 4.78 is 66.5. The number of hydrogen-bond donors (Lipinski definition) is 0. The van der Waals surface area contributed by atoms with Gasteiger partial charge in [0.1, 0.15) is 11.6 Å². The third-order valence-corrected chi connectivity index (χ3v) is 25.2. The summed E-state index contributed by atoms with van der Waals surface area (Å²) in [6, 6.07) is 59.6. The van der Waals surface area contributed by atoms with Gasteiger partial charge in [-0.15, -0.1) is 0 Å². The lowest BCUT2D eigenvalue weighted by atomic mass is 10.2. The highest BCUT2D eigenvalue weighted by atomic mass is 31.2. The number of aryl methyl sites for hydroxylation is 8. The first-order chi connectivity index (χ1) is 36.9. The van der Waals surface area contributed by atoms with Crippen LogP contribution in [0.15, 0.2) is 194 Å². The van der Waals surface area contributed by atoms with E-state index >= 15 is 18.3 Å². The van der Waals surface area contributed by atoms with E-state index in [-0.39, 0.29) is 40.3 Å². The molecule has 0 spiro atoms. The van der Waals surface area contributed by atoms with Crippen LogP contribution in [0.1, 0.15) is 56.2 Å². The zero-order valence-corrected chi connectivity index (χ0v) is 47.9. The zero-order chi connectivity index (χ0) is 54.3. The highest BCUT2D eigenvalue weighted by Gasteiger charge is 2.42. The maximum absolute atomic E-state index is 16.6. The smallest absolute Gasteiger partial charge is 0.206 e. The van der Waals surface area contributed by atoms with Gasteiger partial charge in [-0.3, -0.25) is 0 Å². The van der Waals surface area contributed by atoms with E-state index in [1.54, 1.807) is 0 Å². The van der Waals surface area contributed by atoms with Crippen molar-refractivity contribution in [2.24, 2.45) is 0 Å². The van der Waals surface area contributed by atoms with Crippen molar-refractivity contribution in [3.63, 3.8) is 0 Å². The lowest BCUT2D eigenvalue weighted by molar-refractivity contribution is 0.589. The van der Waals surface area contributed by atoms with Crippen LogP contribution in [0.25, 0.3) is 0 Å². The number of rotatable bonds is 14. The van der Waals surface area contributed by atoms with Gasteiger partial charge in [0, 0.05) is 42.4 Å². The maximum atomic E-state index is 16.6. The molecule has 2 heterocycles. The first-order valence-electron chi connectivity index (χ1n) is 25.4. The summed E-state index contributed by atoms with van der Waals surface area (Å²) in [5.41, 5.74) is 7.37. The number of aromatic nitrogens is 6. The first kappa shape index (κ1) is 53.1. The minimum atomic E-state index is -4.02. The Morgan fingerprint density at radius 3 is 0.481 bits per heavy atom. The molecule has 0 saturated heterocycles. The molecule has 0 unspecified atom stereocenters.